The van der Waals surface area contributed by atoms with Crippen LogP contribution in [0, 0.1) is 11.8 Å². The number of carbonyl (C=O) groups is 3. The molecule has 0 amide bonds. The van der Waals surface area contributed by atoms with E-state index in [2.05, 4.69) is 34.6 Å². The zero-order chi connectivity index (χ0) is 41.9. The summed E-state index contributed by atoms with van der Waals surface area (Å²) in [5.74, 6) is 0.804. The molecule has 6 heteroatoms. The Morgan fingerprint density at radius 1 is 0.368 bits per heavy atom. The van der Waals surface area contributed by atoms with Crippen molar-refractivity contribution in [3.63, 3.8) is 0 Å². The molecule has 0 fully saturated rings. The Bertz CT molecular complexity index is 872. The molecule has 0 aliphatic rings. The molecule has 0 aromatic carbocycles. The molecular formula is C51H98O6. The van der Waals surface area contributed by atoms with Crippen LogP contribution in [0.1, 0.15) is 279 Å². The van der Waals surface area contributed by atoms with Crippen LogP contribution in [0.3, 0.4) is 0 Å². The van der Waals surface area contributed by atoms with Crippen LogP contribution in [0.5, 0.6) is 0 Å². The minimum atomic E-state index is -0.761. The Morgan fingerprint density at radius 3 is 1.00 bits per heavy atom. The molecule has 57 heavy (non-hydrogen) atoms. The van der Waals surface area contributed by atoms with Gasteiger partial charge in [-0.15, -0.1) is 0 Å². The molecule has 0 saturated heterocycles. The number of hydrogen-bond donors (Lipinski definition) is 0. The molecule has 0 aliphatic heterocycles. The average Bonchev–Trinajstić information content (AvgIpc) is 3.19. The van der Waals surface area contributed by atoms with Crippen molar-refractivity contribution in [2.75, 3.05) is 13.2 Å². The second-order valence-electron chi connectivity index (χ2n) is 18.2. The third-order valence-electron chi connectivity index (χ3n) is 11.8. The van der Waals surface area contributed by atoms with Gasteiger partial charge in [0.2, 0.25) is 0 Å². The van der Waals surface area contributed by atoms with E-state index in [-0.39, 0.29) is 31.1 Å². The Kier molecular flexibility index (Phi) is 42.7. The third-order valence-corrected chi connectivity index (χ3v) is 11.8. The molecule has 2 atom stereocenters. The average molecular weight is 807 g/mol. The zero-order valence-electron chi connectivity index (χ0n) is 39.0. The van der Waals surface area contributed by atoms with E-state index < -0.39 is 6.10 Å². The molecule has 0 rings (SSSR count). The summed E-state index contributed by atoms with van der Waals surface area (Å²) in [5, 5.41) is 0. The van der Waals surface area contributed by atoms with Gasteiger partial charge in [-0.2, -0.15) is 0 Å². The summed E-state index contributed by atoms with van der Waals surface area (Å²) in [6.45, 7) is 11.3. The van der Waals surface area contributed by atoms with Crippen LogP contribution in [0.2, 0.25) is 0 Å². The van der Waals surface area contributed by atoms with Crippen molar-refractivity contribution in [1.82, 2.24) is 0 Å². The van der Waals surface area contributed by atoms with E-state index in [4.69, 9.17) is 14.2 Å². The smallest absolute Gasteiger partial charge is 0.306 e. The second-order valence-corrected chi connectivity index (χ2v) is 18.2. The highest BCUT2D eigenvalue weighted by atomic mass is 16.6. The van der Waals surface area contributed by atoms with Crippen LogP contribution in [-0.2, 0) is 28.6 Å². The third kappa shape index (κ3) is 43.8. The maximum atomic E-state index is 12.7. The van der Waals surface area contributed by atoms with E-state index in [0.29, 0.717) is 19.3 Å². The van der Waals surface area contributed by atoms with Gasteiger partial charge in [0.1, 0.15) is 13.2 Å². The number of hydrogen-bond acceptors (Lipinski definition) is 6. The van der Waals surface area contributed by atoms with Crippen molar-refractivity contribution >= 4 is 17.9 Å². The molecule has 6 nitrogen and oxygen atoms in total. The molecule has 0 bridgehead atoms. The first kappa shape index (κ1) is 55.4. The Balaban J connectivity index is 4.24. The van der Waals surface area contributed by atoms with E-state index in [1.165, 1.54) is 167 Å². The molecule has 0 saturated carbocycles. The van der Waals surface area contributed by atoms with Gasteiger partial charge in [-0.05, 0) is 31.1 Å². The minimum Gasteiger partial charge on any atom is -0.462 e. The van der Waals surface area contributed by atoms with Crippen molar-refractivity contribution < 1.29 is 28.6 Å². The summed E-state index contributed by atoms with van der Waals surface area (Å²) in [4.78, 5) is 37.8. The maximum absolute atomic E-state index is 12.7. The van der Waals surface area contributed by atoms with Crippen molar-refractivity contribution in [2.45, 2.75) is 285 Å². The Hall–Kier alpha value is -1.59. The molecule has 0 aromatic rings. The lowest BCUT2D eigenvalue weighted by Gasteiger charge is -2.18. The Labute approximate surface area is 355 Å². The van der Waals surface area contributed by atoms with E-state index >= 15 is 0 Å². The van der Waals surface area contributed by atoms with Gasteiger partial charge in [-0.3, -0.25) is 14.4 Å². The molecule has 0 spiro atoms. The van der Waals surface area contributed by atoms with Gasteiger partial charge in [0.15, 0.2) is 6.10 Å². The van der Waals surface area contributed by atoms with Crippen molar-refractivity contribution in [3.8, 4) is 0 Å². The molecule has 338 valence electrons. The van der Waals surface area contributed by atoms with Gasteiger partial charge in [0.05, 0.1) is 0 Å². The van der Waals surface area contributed by atoms with Crippen LogP contribution in [0.25, 0.3) is 0 Å². The maximum Gasteiger partial charge on any atom is 0.306 e. The van der Waals surface area contributed by atoms with Crippen LogP contribution in [-0.4, -0.2) is 37.2 Å². The molecule has 1 unspecified atom stereocenters. The summed E-state index contributed by atoms with van der Waals surface area (Å²) in [6.07, 6.45) is 43.8. The summed E-state index contributed by atoms with van der Waals surface area (Å²) in [5.41, 5.74) is 0. The molecular weight excluding hydrogens is 709 g/mol. The molecule has 0 aromatic heterocycles. The van der Waals surface area contributed by atoms with Gasteiger partial charge < -0.3 is 14.2 Å². The fourth-order valence-corrected chi connectivity index (χ4v) is 7.60. The van der Waals surface area contributed by atoms with Crippen LogP contribution < -0.4 is 0 Å². The summed E-state index contributed by atoms with van der Waals surface area (Å²) in [6, 6.07) is 0. The van der Waals surface area contributed by atoms with Crippen LogP contribution >= 0.6 is 0 Å². The van der Waals surface area contributed by atoms with Gasteiger partial charge in [0, 0.05) is 19.3 Å². The number of unbranched alkanes of at least 4 members (excludes halogenated alkanes) is 29. The van der Waals surface area contributed by atoms with Crippen molar-refractivity contribution in [1.29, 1.82) is 0 Å². The SMILES string of the molecule is CCCCCCCCCCCCCCC(=O)O[C@@H](COC(=O)CCCCCCCCCCCCCCCCC(C)CC)COC(=O)CCCCCCCCC(C)C. The monoisotopic (exact) mass is 807 g/mol. The highest BCUT2D eigenvalue weighted by Crippen LogP contribution is 2.18. The molecule has 0 aliphatic carbocycles. The van der Waals surface area contributed by atoms with E-state index in [9.17, 15) is 14.4 Å². The molecule has 0 radical (unpaired) electrons. The predicted molar refractivity (Wildman–Crippen MR) is 243 cm³/mol. The van der Waals surface area contributed by atoms with Gasteiger partial charge >= 0.3 is 17.9 Å². The van der Waals surface area contributed by atoms with E-state index in [0.717, 1.165) is 69.6 Å². The molecule has 0 heterocycles. The van der Waals surface area contributed by atoms with Crippen molar-refractivity contribution in [2.24, 2.45) is 11.8 Å². The first-order chi connectivity index (χ1) is 27.8. The first-order valence-corrected chi connectivity index (χ1v) is 25.3. The largest absolute Gasteiger partial charge is 0.462 e. The lowest BCUT2D eigenvalue weighted by Crippen LogP contribution is -2.30. The summed E-state index contributed by atoms with van der Waals surface area (Å²) >= 11 is 0. The lowest BCUT2D eigenvalue weighted by atomic mass is 9.99. The van der Waals surface area contributed by atoms with Crippen molar-refractivity contribution in [3.05, 3.63) is 0 Å². The van der Waals surface area contributed by atoms with Crippen LogP contribution in [0.4, 0.5) is 0 Å². The minimum absolute atomic E-state index is 0.0646. The highest BCUT2D eigenvalue weighted by molar-refractivity contribution is 5.71. The summed E-state index contributed by atoms with van der Waals surface area (Å²) in [7, 11) is 0. The first-order valence-electron chi connectivity index (χ1n) is 25.3. The topological polar surface area (TPSA) is 78.9 Å². The van der Waals surface area contributed by atoms with Gasteiger partial charge in [-0.25, -0.2) is 0 Å². The quantitative estimate of drug-likeness (QED) is 0.0346. The van der Waals surface area contributed by atoms with E-state index in [1.54, 1.807) is 0 Å². The fourth-order valence-electron chi connectivity index (χ4n) is 7.60. The standard InChI is InChI=1S/C51H98O6/c1-6-8-9-10-11-12-13-19-23-26-33-38-43-51(54)57-48(45-56-50(53)42-37-32-28-27-29-34-39-46(3)4)44-55-49(52)41-36-31-25-22-20-17-15-14-16-18-21-24-30-35-40-47(5)7-2/h46-48H,6-45H2,1-5H3/t47?,48-/m0/s1. The second kappa shape index (κ2) is 44.0. The number of carbonyl (C=O) groups excluding carboxylic acids is 3. The predicted octanol–water partition coefficient (Wildman–Crippen LogP) is 16.1. The summed E-state index contributed by atoms with van der Waals surface area (Å²) < 4.78 is 16.8. The fraction of sp³-hybridized carbons (Fsp3) is 0.941. The highest BCUT2D eigenvalue weighted by Gasteiger charge is 2.19. The number of rotatable bonds is 45. The van der Waals surface area contributed by atoms with Gasteiger partial charge in [-0.1, -0.05) is 240 Å². The zero-order valence-corrected chi connectivity index (χ0v) is 39.0. The lowest BCUT2D eigenvalue weighted by molar-refractivity contribution is -0.167. The Morgan fingerprint density at radius 2 is 0.667 bits per heavy atom. The van der Waals surface area contributed by atoms with Gasteiger partial charge in [0.25, 0.3) is 0 Å². The molecule has 0 N–H and O–H groups in total. The normalized spacial score (nSPS) is 12.5. The van der Waals surface area contributed by atoms with Crippen LogP contribution in [0.15, 0.2) is 0 Å². The van der Waals surface area contributed by atoms with E-state index in [1.807, 2.05) is 0 Å². The number of esters is 3. The number of ether oxygens (including phenoxy) is 3.